The number of nitrogens with zero attached hydrogens (tertiary/aromatic N) is 3. The van der Waals surface area contributed by atoms with Crippen molar-refractivity contribution in [3.8, 4) is 5.88 Å². The Labute approximate surface area is 119 Å². The van der Waals surface area contributed by atoms with Gasteiger partial charge in [0, 0.05) is 6.54 Å². The monoisotopic (exact) mass is 271 g/mol. The molecule has 1 fully saturated rings. The number of hydrogen-bond acceptors (Lipinski definition) is 4. The van der Waals surface area contributed by atoms with Gasteiger partial charge in [-0.1, -0.05) is 18.6 Å². The van der Waals surface area contributed by atoms with E-state index in [0.717, 1.165) is 30.5 Å². The molecule has 0 atom stereocenters. The number of likely N-dealkylation sites (tertiary alicyclic amines) is 1. The molecule has 20 heavy (non-hydrogen) atoms. The van der Waals surface area contributed by atoms with E-state index in [2.05, 4.69) is 14.9 Å². The van der Waals surface area contributed by atoms with Crippen LogP contribution in [0.4, 0.5) is 0 Å². The summed E-state index contributed by atoms with van der Waals surface area (Å²) >= 11 is 0. The Hall–Kier alpha value is -1.68. The Kier molecular flexibility index (Phi) is 4.43. The van der Waals surface area contributed by atoms with Gasteiger partial charge < -0.3 is 9.64 Å². The molecule has 0 radical (unpaired) electrons. The normalized spacial score (nSPS) is 16.4. The highest BCUT2D eigenvalue weighted by atomic mass is 16.5. The van der Waals surface area contributed by atoms with Crippen molar-refractivity contribution in [2.45, 2.75) is 25.7 Å². The van der Waals surface area contributed by atoms with Gasteiger partial charge in [0.2, 0.25) is 5.88 Å². The predicted octanol–water partition coefficient (Wildman–Crippen LogP) is 2.88. The molecule has 4 nitrogen and oxygen atoms in total. The molecule has 0 bridgehead atoms. The minimum Gasteiger partial charge on any atom is -0.477 e. The van der Waals surface area contributed by atoms with E-state index in [9.17, 15) is 0 Å². The molecule has 0 unspecified atom stereocenters. The minimum absolute atomic E-state index is 0.703. The maximum Gasteiger partial charge on any atom is 0.224 e. The number of hydrogen-bond donors (Lipinski definition) is 0. The van der Waals surface area contributed by atoms with Gasteiger partial charge >= 0.3 is 0 Å². The third kappa shape index (κ3) is 3.25. The van der Waals surface area contributed by atoms with Gasteiger partial charge in [-0.05, 0) is 44.5 Å². The van der Waals surface area contributed by atoms with E-state index in [4.69, 9.17) is 4.74 Å². The molecule has 0 saturated carbocycles. The Morgan fingerprint density at radius 3 is 2.80 bits per heavy atom. The van der Waals surface area contributed by atoms with Crippen LogP contribution in [0.1, 0.15) is 25.7 Å². The molecule has 1 aromatic heterocycles. The summed E-state index contributed by atoms with van der Waals surface area (Å²) < 4.78 is 5.83. The number of rotatable bonds is 5. The van der Waals surface area contributed by atoms with E-state index in [0.29, 0.717) is 5.88 Å². The molecule has 2 aromatic rings. The fourth-order valence-electron chi connectivity index (χ4n) is 2.74. The lowest BCUT2D eigenvalue weighted by Gasteiger charge is -2.26. The van der Waals surface area contributed by atoms with Crippen molar-refractivity contribution in [2.75, 3.05) is 26.2 Å². The van der Waals surface area contributed by atoms with Crippen molar-refractivity contribution < 1.29 is 4.74 Å². The smallest absolute Gasteiger partial charge is 0.224 e. The molecular weight excluding hydrogens is 250 g/mol. The van der Waals surface area contributed by atoms with Crippen LogP contribution in [-0.4, -0.2) is 41.1 Å². The summed E-state index contributed by atoms with van der Waals surface area (Å²) in [5.74, 6) is 0.703. The molecule has 1 aliphatic heterocycles. The summed E-state index contributed by atoms with van der Waals surface area (Å²) in [5, 5.41) is 0.993. The molecule has 2 heterocycles. The first kappa shape index (κ1) is 13.3. The zero-order valence-corrected chi connectivity index (χ0v) is 11.8. The van der Waals surface area contributed by atoms with Crippen LogP contribution in [0.5, 0.6) is 5.88 Å². The van der Waals surface area contributed by atoms with Crippen molar-refractivity contribution in [1.29, 1.82) is 0 Å². The highest BCUT2D eigenvalue weighted by molar-refractivity contribution is 5.82. The molecule has 0 spiro atoms. The van der Waals surface area contributed by atoms with E-state index < -0.39 is 0 Å². The lowest BCUT2D eigenvalue weighted by atomic mass is 10.1. The third-order valence-electron chi connectivity index (χ3n) is 3.81. The molecule has 1 aromatic carbocycles. The van der Waals surface area contributed by atoms with Gasteiger partial charge in [0.05, 0.1) is 17.5 Å². The second kappa shape index (κ2) is 6.66. The second-order valence-electron chi connectivity index (χ2n) is 5.30. The van der Waals surface area contributed by atoms with Crippen molar-refractivity contribution in [3.63, 3.8) is 0 Å². The SMILES string of the molecule is c1ccc2c(OCCCN3CCCCC3)ncnc2c1. The molecule has 0 N–H and O–H groups in total. The van der Waals surface area contributed by atoms with E-state index in [1.54, 1.807) is 6.33 Å². The summed E-state index contributed by atoms with van der Waals surface area (Å²) in [4.78, 5) is 11.0. The first-order valence-electron chi connectivity index (χ1n) is 7.48. The second-order valence-corrected chi connectivity index (χ2v) is 5.30. The lowest BCUT2D eigenvalue weighted by molar-refractivity contribution is 0.203. The maximum atomic E-state index is 5.83. The third-order valence-corrected chi connectivity index (χ3v) is 3.81. The van der Waals surface area contributed by atoms with Crippen LogP contribution in [0, 0.1) is 0 Å². The number of benzene rings is 1. The van der Waals surface area contributed by atoms with Gasteiger partial charge in [-0.15, -0.1) is 0 Å². The molecule has 106 valence electrons. The summed E-state index contributed by atoms with van der Waals surface area (Å²) in [6.45, 7) is 4.34. The van der Waals surface area contributed by atoms with Crippen LogP contribution in [0.2, 0.25) is 0 Å². The standard InChI is InChI=1S/C16H21N3O/c1-4-9-19(10-5-1)11-6-12-20-16-14-7-2-3-8-15(14)17-13-18-16/h2-3,7-8,13H,1,4-6,9-12H2. The first-order valence-corrected chi connectivity index (χ1v) is 7.48. The van der Waals surface area contributed by atoms with Gasteiger partial charge in [-0.25, -0.2) is 9.97 Å². The van der Waals surface area contributed by atoms with Crippen LogP contribution in [0.3, 0.4) is 0 Å². The van der Waals surface area contributed by atoms with Crippen LogP contribution in [-0.2, 0) is 0 Å². The summed E-state index contributed by atoms with van der Waals surface area (Å²) in [7, 11) is 0. The van der Waals surface area contributed by atoms with Gasteiger partial charge in [0.15, 0.2) is 0 Å². The zero-order valence-electron chi connectivity index (χ0n) is 11.8. The van der Waals surface area contributed by atoms with Crippen molar-refractivity contribution in [2.24, 2.45) is 0 Å². The average Bonchev–Trinajstić information content (AvgIpc) is 2.53. The van der Waals surface area contributed by atoms with Gasteiger partial charge in [-0.2, -0.15) is 0 Å². The minimum atomic E-state index is 0.703. The maximum absolute atomic E-state index is 5.83. The Morgan fingerprint density at radius 2 is 1.90 bits per heavy atom. The Balaban J connectivity index is 1.52. The fraction of sp³-hybridized carbons (Fsp3) is 0.500. The van der Waals surface area contributed by atoms with Crippen LogP contribution in [0.25, 0.3) is 10.9 Å². The number of ether oxygens (including phenoxy) is 1. The summed E-state index contributed by atoms with van der Waals surface area (Å²) in [5.41, 5.74) is 0.938. The quantitative estimate of drug-likeness (QED) is 0.784. The van der Waals surface area contributed by atoms with Crippen molar-refractivity contribution in [1.82, 2.24) is 14.9 Å². The lowest BCUT2D eigenvalue weighted by Crippen LogP contribution is -2.31. The molecule has 4 heteroatoms. The first-order chi connectivity index (χ1) is 9.93. The average molecular weight is 271 g/mol. The topological polar surface area (TPSA) is 38.2 Å². The summed E-state index contributed by atoms with van der Waals surface area (Å²) in [6, 6.07) is 7.97. The van der Waals surface area contributed by atoms with E-state index in [1.165, 1.54) is 32.4 Å². The molecule has 1 aliphatic rings. The molecule has 3 rings (SSSR count). The molecular formula is C16H21N3O. The van der Waals surface area contributed by atoms with Crippen molar-refractivity contribution in [3.05, 3.63) is 30.6 Å². The number of para-hydroxylation sites is 1. The highest BCUT2D eigenvalue weighted by Crippen LogP contribution is 2.20. The number of piperidine rings is 1. The molecule has 1 saturated heterocycles. The van der Waals surface area contributed by atoms with Crippen LogP contribution in [0.15, 0.2) is 30.6 Å². The van der Waals surface area contributed by atoms with E-state index in [-0.39, 0.29) is 0 Å². The highest BCUT2D eigenvalue weighted by Gasteiger charge is 2.09. The Bertz CT molecular complexity index is 547. The van der Waals surface area contributed by atoms with Crippen LogP contribution < -0.4 is 4.74 Å². The molecule has 0 aliphatic carbocycles. The van der Waals surface area contributed by atoms with Gasteiger partial charge in [0.1, 0.15) is 6.33 Å². The fourth-order valence-corrected chi connectivity index (χ4v) is 2.74. The number of fused-ring (bicyclic) bond motifs is 1. The predicted molar refractivity (Wildman–Crippen MR) is 79.9 cm³/mol. The van der Waals surface area contributed by atoms with Gasteiger partial charge in [-0.3, -0.25) is 0 Å². The van der Waals surface area contributed by atoms with E-state index in [1.807, 2.05) is 24.3 Å². The Morgan fingerprint density at radius 1 is 1.05 bits per heavy atom. The summed E-state index contributed by atoms with van der Waals surface area (Å²) in [6.07, 6.45) is 6.70. The van der Waals surface area contributed by atoms with Gasteiger partial charge in [0.25, 0.3) is 0 Å². The van der Waals surface area contributed by atoms with Crippen molar-refractivity contribution >= 4 is 10.9 Å². The molecule has 0 amide bonds. The largest absolute Gasteiger partial charge is 0.477 e. The van der Waals surface area contributed by atoms with E-state index >= 15 is 0 Å². The zero-order chi connectivity index (χ0) is 13.6. The number of aromatic nitrogens is 2. The van der Waals surface area contributed by atoms with Crippen LogP contribution >= 0.6 is 0 Å².